The Balaban J connectivity index is 2.90. The summed E-state index contributed by atoms with van der Waals surface area (Å²) in [5.41, 5.74) is 0.442. The van der Waals surface area contributed by atoms with Crippen LogP contribution in [0.15, 0.2) is 22.8 Å². The second kappa shape index (κ2) is 6.71. The SMILES string of the molecule is CCN(C(=O)c1ncccc1Br)C(C)COC. The molecule has 0 radical (unpaired) electrons. The van der Waals surface area contributed by atoms with E-state index in [9.17, 15) is 4.79 Å². The van der Waals surface area contributed by atoms with E-state index in [1.165, 1.54) is 0 Å². The molecule has 0 fully saturated rings. The molecule has 0 aliphatic carbocycles. The van der Waals surface area contributed by atoms with Gasteiger partial charge in [0.25, 0.3) is 5.91 Å². The topological polar surface area (TPSA) is 42.4 Å². The van der Waals surface area contributed by atoms with Crippen LogP contribution in [0.1, 0.15) is 24.3 Å². The van der Waals surface area contributed by atoms with Crippen molar-refractivity contribution in [1.82, 2.24) is 9.88 Å². The molecular weight excluding hydrogens is 284 g/mol. The Hall–Kier alpha value is -0.940. The summed E-state index contributed by atoms with van der Waals surface area (Å²) < 4.78 is 5.79. The lowest BCUT2D eigenvalue weighted by atomic mass is 10.2. The zero-order valence-corrected chi connectivity index (χ0v) is 11.9. The van der Waals surface area contributed by atoms with E-state index in [1.54, 1.807) is 24.3 Å². The van der Waals surface area contributed by atoms with Gasteiger partial charge < -0.3 is 9.64 Å². The third-order valence-corrected chi connectivity index (χ3v) is 3.14. The van der Waals surface area contributed by atoms with Gasteiger partial charge in [-0.15, -0.1) is 0 Å². The van der Waals surface area contributed by atoms with Gasteiger partial charge in [0, 0.05) is 24.3 Å². The van der Waals surface area contributed by atoms with Crippen molar-refractivity contribution in [3.8, 4) is 0 Å². The van der Waals surface area contributed by atoms with E-state index in [4.69, 9.17) is 4.74 Å². The number of pyridine rings is 1. The van der Waals surface area contributed by atoms with Gasteiger partial charge in [0.05, 0.1) is 12.6 Å². The summed E-state index contributed by atoms with van der Waals surface area (Å²) in [6.45, 7) is 5.05. The lowest BCUT2D eigenvalue weighted by Crippen LogP contribution is -2.41. The molecule has 0 aromatic carbocycles. The monoisotopic (exact) mass is 300 g/mol. The second-order valence-corrected chi connectivity index (χ2v) is 4.58. The normalized spacial score (nSPS) is 12.2. The van der Waals surface area contributed by atoms with Gasteiger partial charge in [-0.05, 0) is 41.9 Å². The maximum Gasteiger partial charge on any atom is 0.273 e. The third kappa shape index (κ3) is 3.51. The van der Waals surface area contributed by atoms with Crippen molar-refractivity contribution in [2.24, 2.45) is 0 Å². The number of likely N-dealkylation sites (N-methyl/N-ethyl adjacent to an activating group) is 1. The van der Waals surface area contributed by atoms with Crippen LogP contribution in [0.3, 0.4) is 0 Å². The molecule has 17 heavy (non-hydrogen) atoms. The summed E-state index contributed by atoms with van der Waals surface area (Å²) in [6, 6.07) is 3.64. The van der Waals surface area contributed by atoms with Gasteiger partial charge in [-0.3, -0.25) is 4.79 Å². The lowest BCUT2D eigenvalue weighted by Gasteiger charge is -2.27. The molecule has 0 spiro atoms. The Morgan fingerprint density at radius 1 is 1.65 bits per heavy atom. The molecule has 5 heteroatoms. The van der Waals surface area contributed by atoms with E-state index in [0.29, 0.717) is 23.3 Å². The van der Waals surface area contributed by atoms with Gasteiger partial charge in [-0.25, -0.2) is 4.98 Å². The number of methoxy groups -OCH3 is 1. The summed E-state index contributed by atoms with van der Waals surface area (Å²) >= 11 is 3.34. The van der Waals surface area contributed by atoms with Crippen molar-refractivity contribution in [2.75, 3.05) is 20.3 Å². The van der Waals surface area contributed by atoms with Crippen LogP contribution in [-0.2, 0) is 4.74 Å². The fourth-order valence-electron chi connectivity index (χ4n) is 1.67. The van der Waals surface area contributed by atoms with Crippen molar-refractivity contribution < 1.29 is 9.53 Å². The molecule has 1 unspecified atom stereocenters. The van der Waals surface area contributed by atoms with Gasteiger partial charge in [0.2, 0.25) is 0 Å². The largest absolute Gasteiger partial charge is 0.383 e. The molecule has 0 aliphatic heterocycles. The van der Waals surface area contributed by atoms with Crippen molar-refractivity contribution in [3.05, 3.63) is 28.5 Å². The minimum absolute atomic E-state index is 0.0337. The molecule has 1 heterocycles. The van der Waals surface area contributed by atoms with Crippen LogP contribution < -0.4 is 0 Å². The smallest absolute Gasteiger partial charge is 0.273 e. The van der Waals surface area contributed by atoms with Crippen LogP contribution in [0.25, 0.3) is 0 Å². The lowest BCUT2D eigenvalue weighted by molar-refractivity contribution is 0.0573. The molecule has 1 aromatic rings. The number of rotatable bonds is 5. The Bertz CT molecular complexity index is 385. The quantitative estimate of drug-likeness (QED) is 0.838. The predicted molar refractivity (Wildman–Crippen MR) is 70.0 cm³/mol. The highest BCUT2D eigenvalue weighted by molar-refractivity contribution is 9.10. The van der Waals surface area contributed by atoms with Crippen LogP contribution in [0, 0.1) is 0 Å². The molecule has 0 aliphatic rings. The maximum atomic E-state index is 12.3. The fourth-order valence-corrected chi connectivity index (χ4v) is 2.09. The molecule has 0 N–H and O–H groups in total. The number of carbonyl (C=O) groups is 1. The molecular formula is C12H17BrN2O2. The van der Waals surface area contributed by atoms with Gasteiger partial charge in [-0.1, -0.05) is 0 Å². The number of nitrogens with zero attached hydrogens (tertiary/aromatic N) is 2. The summed E-state index contributed by atoms with van der Waals surface area (Å²) in [7, 11) is 1.63. The van der Waals surface area contributed by atoms with E-state index in [-0.39, 0.29) is 11.9 Å². The number of carbonyl (C=O) groups excluding carboxylic acids is 1. The fraction of sp³-hybridized carbons (Fsp3) is 0.500. The average Bonchev–Trinajstić information content (AvgIpc) is 2.30. The number of hydrogen-bond donors (Lipinski definition) is 0. The molecule has 1 rings (SSSR count). The average molecular weight is 301 g/mol. The highest BCUT2D eigenvalue weighted by Gasteiger charge is 2.22. The van der Waals surface area contributed by atoms with Gasteiger partial charge >= 0.3 is 0 Å². The standard InChI is InChI=1S/C12H17BrN2O2/c1-4-15(9(2)8-17-3)12(16)11-10(13)6-5-7-14-11/h5-7,9H,4,8H2,1-3H3. The molecule has 0 saturated carbocycles. The summed E-state index contributed by atoms with van der Waals surface area (Å²) in [6.07, 6.45) is 1.62. The second-order valence-electron chi connectivity index (χ2n) is 3.73. The van der Waals surface area contributed by atoms with Crippen LogP contribution in [-0.4, -0.2) is 42.1 Å². The first-order chi connectivity index (χ1) is 8.11. The van der Waals surface area contributed by atoms with Gasteiger partial charge in [0.1, 0.15) is 5.69 Å². The summed E-state index contributed by atoms with van der Waals surface area (Å²) in [4.78, 5) is 18.1. The number of halogens is 1. The Morgan fingerprint density at radius 2 is 2.35 bits per heavy atom. The van der Waals surface area contributed by atoms with Crippen LogP contribution in [0.5, 0.6) is 0 Å². The highest BCUT2D eigenvalue weighted by atomic mass is 79.9. The molecule has 1 atom stereocenters. The Labute approximate surface area is 110 Å². The number of hydrogen-bond acceptors (Lipinski definition) is 3. The van der Waals surface area contributed by atoms with Crippen LogP contribution >= 0.6 is 15.9 Å². The van der Waals surface area contributed by atoms with E-state index in [0.717, 1.165) is 0 Å². The minimum atomic E-state index is -0.0791. The molecule has 0 saturated heterocycles. The van der Waals surface area contributed by atoms with E-state index in [1.807, 2.05) is 19.9 Å². The Morgan fingerprint density at radius 3 is 2.88 bits per heavy atom. The van der Waals surface area contributed by atoms with E-state index < -0.39 is 0 Å². The number of aromatic nitrogens is 1. The Kier molecular flexibility index (Phi) is 5.58. The zero-order chi connectivity index (χ0) is 12.8. The number of amides is 1. The minimum Gasteiger partial charge on any atom is -0.383 e. The van der Waals surface area contributed by atoms with Gasteiger partial charge in [-0.2, -0.15) is 0 Å². The first kappa shape index (κ1) is 14.1. The van der Waals surface area contributed by atoms with E-state index >= 15 is 0 Å². The number of ether oxygens (including phenoxy) is 1. The van der Waals surface area contributed by atoms with Crippen molar-refractivity contribution in [1.29, 1.82) is 0 Å². The first-order valence-electron chi connectivity index (χ1n) is 5.52. The van der Waals surface area contributed by atoms with Crippen LogP contribution in [0.4, 0.5) is 0 Å². The first-order valence-corrected chi connectivity index (χ1v) is 6.31. The van der Waals surface area contributed by atoms with E-state index in [2.05, 4.69) is 20.9 Å². The molecule has 1 amide bonds. The van der Waals surface area contributed by atoms with Crippen molar-refractivity contribution >= 4 is 21.8 Å². The molecule has 1 aromatic heterocycles. The van der Waals surface area contributed by atoms with Crippen molar-refractivity contribution in [2.45, 2.75) is 19.9 Å². The predicted octanol–water partition coefficient (Wildman–Crippen LogP) is 2.34. The molecule has 4 nitrogen and oxygen atoms in total. The zero-order valence-electron chi connectivity index (χ0n) is 10.3. The summed E-state index contributed by atoms with van der Waals surface area (Å²) in [5, 5.41) is 0. The third-order valence-electron chi connectivity index (χ3n) is 2.50. The van der Waals surface area contributed by atoms with Crippen LogP contribution in [0.2, 0.25) is 0 Å². The van der Waals surface area contributed by atoms with Gasteiger partial charge in [0.15, 0.2) is 0 Å². The molecule has 94 valence electrons. The maximum absolute atomic E-state index is 12.3. The molecule has 0 bridgehead atoms. The highest BCUT2D eigenvalue weighted by Crippen LogP contribution is 2.16. The van der Waals surface area contributed by atoms with Crippen molar-refractivity contribution in [3.63, 3.8) is 0 Å². The summed E-state index contributed by atoms with van der Waals surface area (Å²) in [5.74, 6) is -0.0791.